The van der Waals surface area contributed by atoms with Crippen molar-refractivity contribution in [2.75, 3.05) is 0 Å². The van der Waals surface area contributed by atoms with Gasteiger partial charge >= 0.3 is 0 Å². The van der Waals surface area contributed by atoms with E-state index in [1.165, 1.54) is 0 Å². The van der Waals surface area contributed by atoms with Crippen molar-refractivity contribution in [2.24, 2.45) is 0 Å². The van der Waals surface area contributed by atoms with E-state index in [0.717, 1.165) is 15.7 Å². The first-order chi connectivity index (χ1) is 5.27. The van der Waals surface area contributed by atoms with Crippen LogP contribution in [0.2, 0.25) is 0 Å². The number of rotatable bonds is 0. The molecule has 0 aliphatic carbocycles. The lowest BCUT2D eigenvalue weighted by molar-refractivity contribution is 0.821. The van der Waals surface area contributed by atoms with E-state index >= 15 is 0 Å². The number of hydrogen-bond donors (Lipinski definition) is 0. The van der Waals surface area contributed by atoms with Crippen molar-refractivity contribution in [1.29, 1.82) is 0 Å². The topological polar surface area (TPSA) is 43.1 Å². The predicted molar refractivity (Wildman–Crippen MR) is 43.2 cm³/mol. The molecule has 0 radical (unpaired) electrons. The molecule has 0 bridgehead atoms. The first-order valence-corrected chi connectivity index (χ1v) is 3.90. The molecule has 2 rings (SSSR count). The van der Waals surface area contributed by atoms with Gasteiger partial charge in [-0.1, -0.05) is 0 Å². The molecule has 5 heteroatoms. The maximum absolute atomic E-state index is 3.84. The molecule has 0 saturated heterocycles. The van der Waals surface area contributed by atoms with Crippen LogP contribution in [0.3, 0.4) is 0 Å². The van der Waals surface area contributed by atoms with Crippen molar-refractivity contribution in [1.82, 2.24) is 20.0 Å². The highest BCUT2D eigenvalue weighted by Crippen LogP contribution is 2.13. The molecular formula is C6H5BrN4. The Labute approximate surface area is 71.3 Å². The molecule has 4 nitrogen and oxygen atoms in total. The van der Waals surface area contributed by atoms with E-state index in [0.29, 0.717) is 0 Å². The molecule has 0 N–H and O–H groups in total. The highest BCUT2D eigenvalue weighted by Gasteiger charge is 2.00. The summed E-state index contributed by atoms with van der Waals surface area (Å²) in [5.41, 5.74) is 1.86. The number of fused-ring (bicyclic) bond motifs is 1. The summed E-state index contributed by atoms with van der Waals surface area (Å²) in [6.45, 7) is 1.97. The lowest BCUT2D eigenvalue weighted by Gasteiger charge is -1.94. The Bertz CT molecular complexity index is 394. The number of pyridine rings is 1. The zero-order valence-electron chi connectivity index (χ0n) is 5.82. The van der Waals surface area contributed by atoms with Gasteiger partial charge in [-0.2, -0.15) is 4.52 Å². The summed E-state index contributed by atoms with van der Waals surface area (Å²) in [6, 6.07) is 1.98. The van der Waals surface area contributed by atoms with Crippen LogP contribution >= 0.6 is 15.9 Å². The van der Waals surface area contributed by atoms with Crippen LogP contribution in [-0.2, 0) is 0 Å². The molecule has 2 heterocycles. The lowest BCUT2D eigenvalue weighted by Crippen LogP contribution is -1.89. The second-order valence-corrected chi connectivity index (χ2v) is 3.20. The van der Waals surface area contributed by atoms with Gasteiger partial charge in [-0.05, 0) is 44.9 Å². The normalized spacial score (nSPS) is 10.7. The Morgan fingerprint density at radius 3 is 3.18 bits per heavy atom. The summed E-state index contributed by atoms with van der Waals surface area (Å²) in [5.74, 6) is 0. The molecule has 11 heavy (non-hydrogen) atoms. The number of aromatic nitrogens is 4. The molecule has 56 valence electrons. The zero-order valence-corrected chi connectivity index (χ0v) is 7.41. The van der Waals surface area contributed by atoms with Crippen molar-refractivity contribution < 1.29 is 0 Å². The summed E-state index contributed by atoms with van der Waals surface area (Å²) in [4.78, 5) is 0. The Morgan fingerprint density at radius 1 is 1.55 bits per heavy atom. The number of tetrazole rings is 1. The molecule has 0 aromatic carbocycles. The van der Waals surface area contributed by atoms with E-state index in [9.17, 15) is 0 Å². The average Bonchev–Trinajstić information content (AvgIpc) is 2.34. The number of halogens is 1. The fourth-order valence-electron chi connectivity index (χ4n) is 0.966. The monoisotopic (exact) mass is 212 g/mol. The summed E-state index contributed by atoms with van der Waals surface area (Å²) in [6.07, 6.45) is 1.82. The highest BCUT2D eigenvalue weighted by molar-refractivity contribution is 9.10. The summed E-state index contributed by atoms with van der Waals surface area (Å²) < 4.78 is 2.62. The second-order valence-electron chi connectivity index (χ2n) is 2.29. The second kappa shape index (κ2) is 2.27. The SMILES string of the molecule is Cc1cc(Br)cn2nnnc12. The van der Waals surface area contributed by atoms with Crippen molar-refractivity contribution in [2.45, 2.75) is 6.92 Å². The third-order valence-electron chi connectivity index (χ3n) is 1.45. The molecule has 0 unspecified atom stereocenters. The van der Waals surface area contributed by atoms with Gasteiger partial charge in [0, 0.05) is 10.7 Å². The summed E-state index contributed by atoms with van der Waals surface area (Å²) in [7, 11) is 0. The van der Waals surface area contributed by atoms with Crippen LogP contribution in [0.4, 0.5) is 0 Å². The molecule has 0 aliphatic heterocycles. The predicted octanol–water partition coefficient (Wildman–Crippen LogP) is 1.20. The van der Waals surface area contributed by atoms with Crippen LogP contribution in [0.25, 0.3) is 5.65 Å². The van der Waals surface area contributed by atoms with Crippen LogP contribution in [0, 0.1) is 6.92 Å². The van der Waals surface area contributed by atoms with Gasteiger partial charge in [0.1, 0.15) is 0 Å². The quantitative estimate of drug-likeness (QED) is 0.660. The number of aryl methyl sites for hydroxylation is 1. The van der Waals surface area contributed by atoms with Crippen LogP contribution in [-0.4, -0.2) is 20.0 Å². The van der Waals surface area contributed by atoms with E-state index < -0.39 is 0 Å². The van der Waals surface area contributed by atoms with Gasteiger partial charge in [-0.3, -0.25) is 0 Å². The van der Waals surface area contributed by atoms with Gasteiger partial charge in [-0.15, -0.1) is 5.10 Å². The fraction of sp³-hybridized carbons (Fsp3) is 0.167. The molecule has 0 aliphatic rings. The van der Waals surface area contributed by atoms with Gasteiger partial charge in [-0.25, -0.2) is 0 Å². The Morgan fingerprint density at radius 2 is 2.36 bits per heavy atom. The minimum atomic E-state index is 0.799. The minimum absolute atomic E-state index is 0.799. The van der Waals surface area contributed by atoms with Crippen LogP contribution < -0.4 is 0 Å². The van der Waals surface area contributed by atoms with Gasteiger partial charge in [0.2, 0.25) is 0 Å². The highest BCUT2D eigenvalue weighted by atomic mass is 79.9. The fourth-order valence-corrected chi connectivity index (χ4v) is 1.50. The molecule has 0 amide bonds. The third-order valence-corrected chi connectivity index (χ3v) is 1.88. The maximum atomic E-state index is 3.84. The van der Waals surface area contributed by atoms with Crippen LogP contribution in [0.5, 0.6) is 0 Å². The molecule has 0 spiro atoms. The number of hydrogen-bond acceptors (Lipinski definition) is 3. The molecule has 2 aromatic rings. The van der Waals surface area contributed by atoms with E-state index in [2.05, 4.69) is 31.5 Å². The summed E-state index contributed by atoms with van der Waals surface area (Å²) in [5, 5.41) is 11.2. The third kappa shape index (κ3) is 1.01. The average molecular weight is 213 g/mol. The molecule has 0 saturated carbocycles. The van der Waals surface area contributed by atoms with Crippen molar-refractivity contribution >= 4 is 21.6 Å². The van der Waals surface area contributed by atoms with Crippen molar-refractivity contribution in [3.8, 4) is 0 Å². The van der Waals surface area contributed by atoms with Gasteiger partial charge in [0.25, 0.3) is 0 Å². The van der Waals surface area contributed by atoms with Gasteiger partial charge in [0.15, 0.2) is 5.65 Å². The molecular weight excluding hydrogens is 208 g/mol. The van der Waals surface area contributed by atoms with Crippen LogP contribution in [0.1, 0.15) is 5.56 Å². The molecule has 2 aromatic heterocycles. The lowest BCUT2D eigenvalue weighted by atomic mass is 10.3. The first kappa shape index (κ1) is 6.72. The van der Waals surface area contributed by atoms with Crippen LogP contribution in [0.15, 0.2) is 16.7 Å². The largest absolute Gasteiger partial charge is 0.199 e. The summed E-state index contributed by atoms with van der Waals surface area (Å²) >= 11 is 3.35. The zero-order chi connectivity index (χ0) is 7.84. The van der Waals surface area contributed by atoms with Crippen molar-refractivity contribution in [3.63, 3.8) is 0 Å². The van der Waals surface area contributed by atoms with Gasteiger partial charge in [0.05, 0.1) is 0 Å². The Balaban J connectivity index is 2.91. The Kier molecular flexibility index (Phi) is 1.38. The number of nitrogens with zero attached hydrogens (tertiary/aromatic N) is 4. The van der Waals surface area contributed by atoms with E-state index in [4.69, 9.17) is 0 Å². The maximum Gasteiger partial charge on any atom is 0.182 e. The smallest absolute Gasteiger partial charge is 0.182 e. The Hall–Kier alpha value is -0.970. The van der Waals surface area contributed by atoms with E-state index in [1.54, 1.807) is 4.52 Å². The molecule has 0 fully saturated rings. The first-order valence-electron chi connectivity index (χ1n) is 3.11. The van der Waals surface area contributed by atoms with E-state index in [-0.39, 0.29) is 0 Å². The van der Waals surface area contributed by atoms with E-state index in [1.807, 2.05) is 19.2 Å². The van der Waals surface area contributed by atoms with Crippen molar-refractivity contribution in [3.05, 3.63) is 22.3 Å². The van der Waals surface area contributed by atoms with Gasteiger partial charge < -0.3 is 0 Å². The standard InChI is InChI=1S/C6H5BrN4/c1-4-2-5(7)3-11-6(4)8-9-10-11/h2-3H,1H3. The minimum Gasteiger partial charge on any atom is -0.199 e. The molecule has 0 atom stereocenters.